The van der Waals surface area contributed by atoms with Crippen LogP contribution in [0.2, 0.25) is 0 Å². The first kappa shape index (κ1) is 38.4. The maximum absolute atomic E-state index is 11.9. The van der Waals surface area contributed by atoms with Gasteiger partial charge in [0, 0.05) is 32.1 Å². The van der Waals surface area contributed by atoms with Crippen molar-refractivity contribution in [1.29, 1.82) is 0 Å². The van der Waals surface area contributed by atoms with Crippen LogP contribution in [-0.4, -0.2) is 80.2 Å². The molecule has 0 aliphatic carbocycles. The number of phosphoric acid groups is 1. The molecule has 1 aliphatic rings. The number of phosphoric ester groups is 1. The van der Waals surface area contributed by atoms with Gasteiger partial charge in [-0.15, -0.1) is 0 Å². The fraction of sp³-hybridized carbons (Fsp3) is 0.345. The Morgan fingerprint density at radius 1 is 1.10 bits per heavy atom. The molecule has 11 nitrogen and oxygen atoms in total. The molecule has 42 heavy (non-hydrogen) atoms. The van der Waals surface area contributed by atoms with Gasteiger partial charge in [-0.1, -0.05) is 50.0 Å². The van der Waals surface area contributed by atoms with Gasteiger partial charge in [0.25, 0.3) is 0 Å². The number of nitrogens with zero attached hydrogens (tertiary/aromatic N) is 4. The first-order chi connectivity index (χ1) is 19.1. The first-order valence-electron chi connectivity index (χ1n) is 12.8. The van der Waals surface area contributed by atoms with Crippen molar-refractivity contribution in [2.75, 3.05) is 33.8 Å². The SMILES string of the molecule is CC.CN(C)C(=O)N1CC(Oc2ccc(-c3ccc(C#CC(COP(=O)(O)O)n4ccnc4CO)cc3)cc2)C1.[CH3-].[Cs+]. The minimum atomic E-state index is -4.69. The Morgan fingerprint density at radius 2 is 1.67 bits per heavy atom. The number of rotatable bonds is 8. The second kappa shape index (κ2) is 18.3. The summed E-state index contributed by atoms with van der Waals surface area (Å²) in [5.41, 5.74) is 2.67. The van der Waals surface area contributed by atoms with Gasteiger partial charge in [0.15, 0.2) is 0 Å². The molecule has 1 fully saturated rings. The maximum Gasteiger partial charge on any atom is 1.00 e. The molecule has 1 unspecified atom stereocenters. The summed E-state index contributed by atoms with van der Waals surface area (Å²) in [6, 6.07) is 14.5. The van der Waals surface area contributed by atoms with E-state index >= 15 is 0 Å². The number of urea groups is 1. The number of hydrogen-bond acceptors (Lipinski definition) is 6. The molecule has 3 aromatic rings. The molecule has 0 bridgehead atoms. The molecule has 1 atom stereocenters. The Balaban J connectivity index is 0.00000216. The molecule has 3 N–H and O–H groups in total. The number of ether oxygens (including phenoxy) is 1. The van der Waals surface area contributed by atoms with Crippen LogP contribution in [0.1, 0.15) is 31.3 Å². The van der Waals surface area contributed by atoms with Crippen LogP contribution in [0.15, 0.2) is 60.9 Å². The van der Waals surface area contributed by atoms with E-state index in [9.17, 15) is 14.5 Å². The van der Waals surface area contributed by atoms with Crippen molar-refractivity contribution in [3.8, 4) is 28.7 Å². The number of hydrogen-bond donors (Lipinski definition) is 3. The standard InChI is InChI=1S/C26H29N4O7P.C2H6.CH3.Cs/c1-28(2)26(32)29-15-24(16-29)37-23-11-8-21(9-12-23)20-6-3-19(4-7-20)5-10-22(18-36-38(33,34)35)30-14-13-27-25(30)17-31;1-2;;/h3-4,6-9,11-14,22,24,31H,15-18H2,1-2H3,(H2,33,34,35);1-2H3;1H3;/q;;-1;+1. The zero-order chi connectivity index (χ0) is 29.3. The minimum Gasteiger partial charge on any atom is -0.487 e. The van der Waals surface area contributed by atoms with Crippen molar-refractivity contribution in [1.82, 2.24) is 19.4 Å². The summed E-state index contributed by atoms with van der Waals surface area (Å²) < 4.78 is 23.3. The predicted molar refractivity (Wildman–Crippen MR) is 157 cm³/mol. The van der Waals surface area contributed by atoms with Gasteiger partial charge in [-0.2, -0.15) is 0 Å². The van der Waals surface area contributed by atoms with E-state index in [1.807, 2.05) is 62.4 Å². The second-order valence-electron chi connectivity index (χ2n) is 8.90. The molecule has 4 rings (SSSR count). The van der Waals surface area contributed by atoms with Crippen LogP contribution in [0, 0.1) is 19.3 Å². The largest absolute Gasteiger partial charge is 1.00 e. The number of carbonyl (C=O) groups is 1. The molecule has 1 aliphatic heterocycles. The van der Waals surface area contributed by atoms with Crippen molar-refractivity contribution in [2.45, 2.75) is 32.6 Å². The number of likely N-dealkylation sites (tertiary alicyclic amines) is 1. The van der Waals surface area contributed by atoms with Crippen molar-refractivity contribution in [2.24, 2.45) is 0 Å². The molecule has 222 valence electrons. The van der Waals surface area contributed by atoms with E-state index in [1.165, 1.54) is 10.8 Å². The van der Waals surface area contributed by atoms with Gasteiger partial charge in [0.1, 0.15) is 30.3 Å². The number of imidazole rings is 1. The predicted octanol–water partition coefficient (Wildman–Crippen LogP) is 0.970. The van der Waals surface area contributed by atoms with Gasteiger partial charge in [-0.05, 0) is 35.4 Å². The quantitative estimate of drug-likeness (QED) is 0.178. The Hall–Kier alpha value is -1.60. The van der Waals surface area contributed by atoms with E-state index in [4.69, 9.17) is 14.5 Å². The molecule has 2 heterocycles. The van der Waals surface area contributed by atoms with Crippen molar-refractivity contribution < 1.29 is 102 Å². The van der Waals surface area contributed by atoms with E-state index in [-0.39, 0.29) is 102 Å². The zero-order valence-corrected chi connectivity index (χ0v) is 32.1. The summed E-state index contributed by atoms with van der Waals surface area (Å²) in [6.45, 7) is 4.40. The van der Waals surface area contributed by atoms with Crippen LogP contribution in [0.4, 0.5) is 4.79 Å². The van der Waals surface area contributed by atoms with Gasteiger partial charge in [0.05, 0.1) is 19.7 Å². The maximum atomic E-state index is 11.9. The topological polar surface area (TPSA) is 138 Å². The Bertz CT molecular complexity index is 1360. The zero-order valence-electron chi connectivity index (χ0n) is 25.0. The Kier molecular flexibility index (Phi) is 16.7. The van der Waals surface area contributed by atoms with Crippen molar-refractivity contribution in [3.63, 3.8) is 0 Å². The third kappa shape index (κ3) is 11.2. The van der Waals surface area contributed by atoms with Crippen LogP contribution in [0.5, 0.6) is 5.75 Å². The van der Waals surface area contributed by atoms with Gasteiger partial charge < -0.3 is 41.4 Å². The summed E-state index contributed by atoms with van der Waals surface area (Å²) in [7, 11) is -1.24. The average molecular weight is 719 g/mol. The Labute approximate surface area is 306 Å². The summed E-state index contributed by atoms with van der Waals surface area (Å²) in [6.07, 6.45) is 3.01. The van der Waals surface area contributed by atoms with Crippen LogP contribution in [-0.2, 0) is 15.7 Å². The van der Waals surface area contributed by atoms with Gasteiger partial charge >= 0.3 is 82.7 Å². The number of amides is 2. The van der Waals surface area contributed by atoms with E-state index in [1.54, 1.807) is 30.1 Å². The second-order valence-corrected chi connectivity index (χ2v) is 10.1. The Morgan fingerprint density at radius 3 is 2.19 bits per heavy atom. The molecule has 1 aromatic heterocycles. The molecule has 0 spiro atoms. The molecule has 0 radical (unpaired) electrons. The molecule has 2 amide bonds. The number of benzene rings is 2. The molecular formula is C29H38CsN4O7P. The number of aliphatic hydroxyl groups excluding tert-OH is 1. The van der Waals surface area contributed by atoms with Gasteiger partial charge in [0.2, 0.25) is 0 Å². The summed E-state index contributed by atoms with van der Waals surface area (Å²) in [5.74, 6) is 6.99. The van der Waals surface area contributed by atoms with E-state index in [0.717, 1.165) is 16.9 Å². The van der Waals surface area contributed by atoms with Crippen LogP contribution in [0.25, 0.3) is 11.1 Å². The fourth-order valence-electron chi connectivity index (χ4n) is 3.89. The molecular weight excluding hydrogens is 680 g/mol. The van der Waals surface area contributed by atoms with Crippen LogP contribution >= 0.6 is 7.82 Å². The fourth-order valence-corrected chi connectivity index (χ4v) is 4.23. The van der Waals surface area contributed by atoms with E-state index < -0.39 is 13.9 Å². The number of carbonyl (C=O) groups excluding carboxylic acids is 1. The smallest absolute Gasteiger partial charge is 0.487 e. The third-order valence-corrected chi connectivity index (χ3v) is 6.37. The van der Waals surface area contributed by atoms with E-state index in [0.29, 0.717) is 24.5 Å². The first-order valence-corrected chi connectivity index (χ1v) is 14.3. The molecule has 1 saturated heterocycles. The minimum absolute atomic E-state index is 0. The molecule has 13 heteroatoms. The summed E-state index contributed by atoms with van der Waals surface area (Å²) >= 11 is 0. The third-order valence-electron chi connectivity index (χ3n) is 5.89. The van der Waals surface area contributed by atoms with Gasteiger partial charge in [-0.3, -0.25) is 4.52 Å². The number of aromatic nitrogens is 2. The average Bonchev–Trinajstić information content (AvgIpc) is 3.40. The molecule has 0 saturated carbocycles. The van der Waals surface area contributed by atoms with Gasteiger partial charge in [-0.25, -0.2) is 14.3 Å². The normalized spacial score (nSPS) is 13.1. The number of aliphatic hydroxyl groups is 1. The monoisotopic (exact) mass is 718 g/mol. The molecule has 2 aromatic carbocycles. The van der Waals surface area contributed by atoms with Crippen molar-refractivity contribution in [3.05, 3.63) is 79.7 Å². The summed E-state index contributed by atoms with van der Waals surface area (Å²) in [5, 5.41) is 9.48. The van der Waals surface area contributed by atoms with Crippen LogP contribution in [0.3, 0.4) is 0 Å². The summed E-state index contributed by atoms with van der Waals surface area (Å²) in [4.78, 5) is 37.4. The van der Waals surface area contributed by atoms with E-state index in [2.05, 4.69) is 21.3 Å². The van der Waals surface area contributed by atoms with Crippen molar-refractivity contribution >= 4 is 13.9 Å². The van der Waals surface area contributed by atoms with Crippen LogP contribution < -0.4 is 73.6 Å².